The Morgan fingerprint density at radius 3 is 2.32 bits per heavy atom. The Bertz CT molecular complexity index is 2970. The third-order valence-electron chi connectivity index (χ3n) is 9.14. The van der Waals surface area contributed by atoms with Crippen molar-refractivity contribution in [3.05, 3.63) is 115 Å². The molecule has 0 fully saturated rings. The zero-order valence-electron chi connectivity index (χ0n) is 25.9. The van der Waals surface area contributed by atoms with E-state index in [0.717, 1.165) is 97.9 Å². The van der Waals surface area contributed by atoms with Crippen molar-refractivity contribution in [2.24, 2.45) is 0 Å². The second-order valence-electron chi connectivity index (χ2n) is 12.0. The molecular formula is C39H22N8OS2. The molecule has 0 saturated carbocycles. The van der Waals surface area contributed by atoms with Crippen molar-refractivity contribution in [3.8, 4) is 55.1 Å². The minimum atomic E-state index is 0.498. The van der Waals surface area contributed by atoms with Crippen molar-refractivity contribution in [2.75, 3.05) is 0 Å². The van der Waals surface area contributed by atoms with Crippen molar-refractivity contribution in [3.63, 3.8) is 0 Å². The topological polar surface area (TPSA) is 125 Å². The average molecular weight is 683 g/mol. The van der Waals surface area contributed by atoms with Gasteiger partial charge in [-0.15, -0.1) is 27.8 Å². The molecule has 0 aliphatic carbocycles. The van der Waals surface area contributed by atoms with Crippen LogP contribution in [0.3, 0.4) is 0 Å². The highest BCUT2D eigenvalue weighted by atomic mass is 32.1. The van der Waals surface area contributed by atoms with Crippen LogP contribution in [-0.4, -0.2) is 40.3 Å². The first-order valence-electron chi connectivity index (χ1n) is 16.0. The van der Waals surface area contributed by atoms with Gasteiger partial charge in [-0.25, -0.2) is 15.0 Å². The van der Waals surface area contributed by atoms with Gasteiger partial charge in [0.2, 0.25) is 5.89 Å². The fourth-order valence-corrected chi connectivity index (χ4v) is 8.74. The van der Waals surface area contributed by atoms with E-state index in [1.807, 2.05) is 72.8 Å². The number of fused-ring (bicyclic) bond motifs is 5. The second kappa shape index (κ2) is 10.5. The number of aromatic nitrogens is 8. The molecule has 0 bridgehead atoms. The molecule has 6 aromatic heterocycles. The van der Waals surface area contributed by atoms with Crippen LogP contribution in [0.25, 0.3) is 109 Å². The van der Waals surface area contributed by atoms with Gasteiger partial charge in [-0.05, 0) is 60.0 Å². The van der Waals surface area contributed by atoms with Crippen molar-refractivity contribution in [2.45, 2.75) is 0 Å². The molecule has 50 heavy (non-hydrogen) atoms. The van der Waals surface area contributed by atoms with Crippen LogP contribution in [0.2, 0.25) is 0 Å². The zero-order chi connectivity index (χ0) is 32.8. The third kappa shape index (κ3) is 4.08. The van der Waals surface area contributed by atoms with Gasteiger partial charge < -0.3 is 14.4 Å². The van der Waals surface area contributed by atoms with E-state index in [4.69, 9.17) is 19.4 Å². The summed E-state index contributed by atoms with van der Waals surface area (Å²) in [7, 11) is 0. The van der Waals surface area contributed by atoms with Crippen LogP contribution in [-0.2, 0) is 0 Å². The molecule has 0 aliphatic rings. The average Bonchev–Trinajstić information content (AvgIpc) is 4.00. The van der Waals surface area contributed by atoms with Crippen LogP contribution in [0.15, 0.2) is 119 Å². The predicted molar refractivity (Wildman–Crippen MR) is 201 cm³/mol. The van der Waals surface area contributed by atoms with E-state index in [1.165, 1.54) is 0 Å². The molecule has 6 heterocycles. The minimum absolute atomic E-state index is 0.498. The number of thiazole rings is 1. The molecule has 9 nitrogen and oxygen atoms in total. The van der Waals surface area contributed by atoms with E-state index >= 15 is 0 Å². The van der Waals surface area contributed by atoms with E-state index in [-0.39, 0.29) is 0 Å². The number of nitrogens with one attached hydrogen (secondary N) is 3. The summed E-state index contributed by atoms with van der Waals surface area (Å²) >= 11 is 3.33. The SMILES string of the molecule is c1csc(-c2cc3[nH]c(-c4cccc5[nH]nnc45)c(-c4nc5ccccc5s4)c3c(-c3nc4ccccc4o3)c2-c2nc3ccccc3[nH]2)c1. The number of rotatable bonds is 5. The smallest absolute Gasteiger partial charge is 0.228 e. The fourth-order valence-electron chi connectivity index (χ4n) is 6.97. The Kier molecular flexibility index (Phi) is 5.80. The van der Waals surface area contributed by atoms with E-state index in [2.05, 4.69) is 67.2 Å². The van der Waals surface area contributed by atoms with Crippen LogP contribution in [0.1, 0.15) is 0 Å². The normalized spacial score (nSPS) is 12.0. The number of H-pyrrole nitrogens is 3. The summed E-state index contributed by atoms with van der Waals surface area (Å²) in [6, 6.07) is 36.7. The summed E-state index contributed by atoms with van der Waals surface area (Å²) in [5.74, 6) is 1.22. The lowest BCUT2D eigenvalue weighted by atomic mass is 9.92. The number of para-hydroxylation sites is 5. The number of hydrogen-bond acceptors (Lipinski definition) is 8. The van der Waals surface area contributed by atoms with Crippen LogP contribution < -0.4 is 0 Å². The van der Waals surface area contributed by atoms with Crippen LogP contribution in [0.5, 0.6) is 0 Å². The largest absolute Gasteiger partial charge is 0.436 e. The second-order valence-corrected chi connectivity index (χ2v) is 14.0. The summed E-state index contributed by atoms with van der Waals surface area (Å²) in [6.07, 6.45) is 0. The number of oxazole rings is 1. The van der Waals surface area contributed by atoms with E-state index in [1.54, 1.807) is 22.7 Å². The highest BCUT2D eigenvalue weighted by Gasteiger charge is 2.30. The number of imidazole rings is 1. The molecule has 236 valence electrons. The van der Waals surface area contributed by atoms with Gasteiger partial charge in [0, 0.05) is 38.0 Å². The third-order valence-corrected chi connectivity index (χ3v) is 11.1. The molecule has 11 heteroatoms. The van der Waals surface area contributed by atoms with E-state index in [9.17, 15) is 0 Å². The molecule has 0 aliphatic heterocycles. The first-order valence-corrected chi connectivity index (χ1v) is 17.7. The van der Waals surface area contributed by atoms with Gasteiger partial charge in [0.15, 0.2) is 5.58 Å². The predicted octanol–water partition coefficient (Wildman–Crippen LogP) is 10.5. The van der Waals surface area contributed by atoms with Crippen molar-refractivity contribution in [1.29, 1.82) is 0 Å². The van der Waals surface area contributed by atoms with Gasteiger partial charge in [0.05, 0.1) is 38.0 Å². The maximum Gasteiger partial charge on any atom is 0.228 e. The number of aromatic amines is 3. The van der Waals surface area contributed by atoms with Gasteiger partial charge in [0.25, 0.3) is 0 Å². The first kappa shape index (κ1) is 27.5. The Labute approximate surface area is 290 Å². The summed E-state index contributed by atoms with van der Waals surface area (Å²) < 4.78 is 7.78. The van der Waals surface area contributed by atoms with Crippen molar-refractivity contribution in [1.82, 2.24) is 40.3 Å². The number of benzene rings is 5. The fraction of sp³-hybridized carbons (Fsp3) is 0. The summed E-state index contributed by atoms with van der Waals surface area (Å²) in [6.45, 7) is 0. The van der Waals surface area contributed by atoms with Crippen LogP contribution in [0, 0.1) is 0 Å². The maximum absolute atomic E-state index is 6.69. The molecule has 5 aromatic carbocycles. The molecule has 0 amide bonds. The van der Waals surface area contributed by atoms with Gasteiger partial charge in [-0.2, -0.15) is 0 Å². The standard InChI is InChI=1S/C39H22N8OS2/c1-2-11-23-22(10-1)41-37(42-23)31-21(29-17-8-18-49-29)19-27-32(33(31)38-43-24-12-3-5-15-28(24)48-38)34(39-44-25-13-4-6-16-30(25)50-39)36(40-27)20-9-7-14-26-35(20)46-47-45-26/h1-19,40H,(H,41,42)(H,45,46,47). The Morgan fingerprint density at radius 2 is 1.46 bits per heavy atom. The quantitative estimate of drug-likeness (QED) is 0.166. The lowest BCUT2D eigenvalue weighted by molar-refractivity contribution is 0.621. The lowest BCUT2D eigenvalue weighted by Gasteiger charge is -2.13. The van der Waals surface area contributed by atoms with E-state index in [0.29, 0.717) is 11.5 Å². The minimum Gasteiger partial charge on any atom is -0.436 e. The lowest BCUT2D eigenvalue weighted by Crippen LogP contribution is -1.94. The number of hydrogen-bond donors (Lipinski definition) is 3. The number of thiophene rings is 1. The van der Waals surface area contributed by atoms with Crippen molar-refractivity contribution >= 4 is 77.0 Å². The molecule has 0 saturated heterocycles. The maximum atomic E-state index is 6.69. The van der Waals surface area contributed by atoms with Gasteiger partial charge in [0.1, 0.15) is 21.9 Å². The van der Waals surface area contributed by atoms with E-state index < -0.39 is 0 Å². The molecule has 3 N–H and O–H groups in total. The molecular weight excluding hydrogens is 661 g/mol. The molecule has 0 unspecified atom stereocenters. The summed E-state index contributed by atoms with van der Waals surface area (Å²) in [5, 5.41) is 15.6. The Hall–Kier alpha value is -6.43. The van der Waals surface area contributed by atoms with Crippen LogP contribution in [0.4, 0.5) is 0 Å². The van der Waals surface area contributed by atoms with Gasteiger partial charge in [-0.1, -0.05) is 59.8 Å². The summed E-state index contributed by atoms with van der Waals surface area (Å²) in [4.78, 5) is 24.1. The molecule has 11 rings (SSSR count). The van der Waals surface area contributed by atoms with Gasteiger partial charge >= 0.3 is 0 Å². The molecule has 0 radical (unpaired) electrons. The molecule has 0 atom stereocenters. The van der Waals surface area contributed by atoms with Crippen molar-refractivity contribution < 1.29 is 4.42 Å². The summed E-state index contributed by atoms with van der Waals surface area (Å²) in [5.41, 5.74) is 12.2. The Morgan fingerprint density at radius 1 is 0.620 bits per heavy atom. The first-order chi connectivity index (χ1) is 24.8. The monoisotopic (exact) mass is 682 g/mol. The van der Waals surface area contributed by atoms with Gasteiger partial charge in [-0.3, -0.25) is 5.10 Å². The number of nitrogens with zero attached hydrogens (tertiary/aromatic N) is 5. The molecule has 11 aromatic rings. The molecule has 0 spiro atoms. The highest BCUT2D eigenvalue weighted by molar-refractivity contribution is 7.21. The highest BCUT2D eigenvalue weighted by Crippen LogP contribution is 2.52. The Balaban J connectivity index is 1.36. The zero-order valence-corrected chi connectivity index (χ0v) is 27.6. The van der Waals surface area contributed by atoms with Crippen LogP contribution >= 0.6 is 22.7 Å².